The van der Waals surface area contributed by atoms with Gasteiger partial charge in [-0.15, -0.1) is 0 Å². The summed E-state index contributed by atoms with van der Waals surface area (Å²) in [5.74, 6) is 1.30. The molecule has 1 rings (SSSR count). The lowest BCUT2D eigenvalue weighted by molar-refractivity contribution is 0.172. The van der Waals surface area contributed by atoms with Crippen LogP contribution in [0.25, 0.3) is 0 Å². The molecule has 4 nitrogen and oxygen atoms in total. The largest absolute Gasteiger partial charge is 0.492 e. The summed E-state index contributed by atoms with van der Waals surface area (Å²) >= 11 is 0. The first-order valence-corrected chi connectivity index (χ1v) is 6.60. The molecule has 0 fully saturated rings. The average Bonchev–Trinajstić information content (AvgIpc) is 2.36. The lowest BCUT2D eigenvalue weighted by Crippen LogP contribution is -2.25. The maximum absolute atomic E-state index is 10.0. The summed E-state index contributed by atoms with van der Waals surface area (Å²) in [4.78, 5) is 4.09. The topological polar surface area (TPSA) is 54.4 Å². The molecule has 1 heterocycles. The molecular formula is C14H24N2O2. The molecule has 0 aliphatic carbocycles. The molecule has 0 radical (unpaired) electrons. The molecule has 0 saturated heterocycles. The van der Waals surface area contributed by atoms with Crippen molar-refractivity contribution in [1.82, 2.24) is 10.3 Å². The van der Waals surface area contributed by atoms with Gasteiger partial charge in [0.1, 0.15) is 5.75 Å². The van der Waals surface area contributed by atoms with Crippen molar-refractivity contribution >= 4 is 0 Å². The fourth-order valence-electron chi connectivity index (χ4n) is 1.54. The molecule has 4 heteroatoms. The molecule has 0 aliphatic heterocycles. The Labute approximate surface area is 109 Å². The van der Waals surface area contributed by atoms with Crippen molar-refractivity contribution in [3.05, 3.63) is 24.0 Å². The predicted molar refractivity (Wildman–Crippen MR) is 72.7 cm³/mol. The average molecular weight is 252 g/mol. The summed E-state index contributed by atoms with van der Waals surface area (Å²) < 4.78 is 5.49. The monoisotopic (exact) mass is 252 g/mol. The van der Waals surface area contributed by atoms with Gasteiger partial charge in [0.2, 0.25) is 0 Å². The minimum absolute atomic E-state index is 0.539. The lowest BCUT2D eigenvalue weighted by atomic mass is 10.1. The highest BCUT2D eigenvalue weighted by atomic mass is 16.5. The Morgan fingerprint density at radius 2 is 2.11 bits per heavy atom. The third kappa shape index (κ3) is 5.47. The van der Waals surface area contributed by atoms with Gasteiger partial charge in [-0.3, -0.25) is 4.98 Å². The number of nitrogens with one attached hydrogen (secondary N) is 1. The summed E-state index contributed by atoms with van der Waals surface area (Å²) in [5, 5.41) is 13.3. The zero-order valence-corrected chi connectivity index (χ0v) is 11.5. The van der Waals surface area contributed by atoms with Crippen LogP contribution in [-0.4, -0.2) is 29.8 Å². The van der Waals surface area contributed by atoms with Gasteiger partial charge >= 0.3 is 0 Å². The zero-order valence-electron chi connectivity index (χ0n) is 11.5. The van der Waals surface area contributed by atoms with Gasteiger partial charge in [-0.25, -0.2) is 0 Å². The molecule has 0 aromatic carbocycles. The van der Waals surface area contributed by atoms with E-state index in [0.717, 1.165) is 24.3 Å². The zero-order chi connectivity index (χ0) is 13.4. The SMILES string of the molecule is CCCOc1cncc(C(O)CNCC(C)C)c1. The minimum atomic E-state index is -0.540. The van der Waals surface area contributed by atoms with E-state index in [0.29, 0.717) is 19.1 Å². The van der Waals surface area contributed by atoms with Gasteiger partial charge in [-0.1, -0.05) is 20.8 Å². The van der Waals surface area contributed by atoms with Gasteiger partial charge in [-0.05, 0) is 24.9 Å². The summed E-state index contributed by atoms with van der Waals surface area (Å²) in [6.07, 6.45) is 3.78. The molecule has 102 valence electrons. The van der Waals surface area contributed by atoms with E-state index in [4.69, 9.17) is 4.74 Å². The van der Waals surface area contributed by atoms with Crippen LogP contribution in [0.5, 0.6) is 5.75 Å². The van der Waals surface area contributed by atoms with E-state index in [9.17, 15) is 5.11 Å². The number of nitrogens with zero attached hydrogens (tertiary/aromatic N) is 1. The Balaban J connectivity index is 2.48. The number of pyridine rings is 1. The molecule has 0 bridgehead atoms. The third-order valence-corrected chi connectivity index (χ3v) is 2.48. The van der Waals surface area contributed by atoms with Crippen LogP contribution in [0.3, 0.4) is 0 Å². The maximum Gasteiger partial charge on any atom is 0.137 e. The first kappa shape index (κ1) is 14.9. The van der Waals surface area contributed by atoms with E-state index in [1.807, 2.05) is 6.07 Å². The molecule has 1 aromatic rings. The number of aromatic nitrogens is 1. The smallest absolute Gasteiger partial charge is 0.137 e. The number of aliphatic hydroxyl groups is 1. The number of rotatable bonds is 8. The second-order valence-corrected chi connectivity index (χ2v) is 4.87. The molecule has 0 aliphatic rings. The van der Waals surface area contributed by atoms with Gasteiger partial charge in [0.25, 0.3) is 0 Å². The van der Waals surface area contributed by atoms with Crippen molar-refractivity contribution in [2.24, 2.45) is 5.92 Å². The summed E-state index contributed by atoms with van der Waals surface area (Å²) in [5.41, 5.74) is 0.792. The number of ether oxygens (including phenoxy) is 1. The van der Waals surface area contributed by atoms with Gasteiger partial charge in [0.15, 0.2) is 0 Å². The van der Waals surface area contributed by atoms with Crippen molar-refractivity contribution in [3.8, 4) is 5.75 Å². The number of hydrogen-bond acceptors (Lipinski definition) is 4. The Hall–Kier alpha value is -1.13. The van der Waals surface area contributed by atoms with E-state index in [-0.39, 0.29) is 0 Å². The molecular weight excluding hydrogens is 228 g/mol. The second-order valence-electron chi connectivity index (χ2n) is 4.87. The van der Waals surface area contributed by atoms with Crippen LogP contribution in [0.4, 0.5) is 0 Å². The van der Waals surface area contributed by atoms with E-state index < -0.39 is 6.10 Å². The lowest BCUT2D eigenvalue weighted by Gasteiger charge is -2.14. The molecule has 0 spiro atoms. The Kier molecular flexibility index (Phi) is 6.68. The van der Waals surface area contributed by atoms with Gasteiger partial charge in [0, 0.05) is 18.3 Å². The molecule has 2 N–H and O–H groups in total. The first-order valence-electron chi connectivity index (χ1n) is 6.60. The van der Waals surface area contributed by atoms with Gasteiger partial charge < -0.3 is 15.2 Å². The quantitative estimate of drug-likeness (QED) is 0.744. The molecule has 0 saturated carbocycles. The van der Waals surface area contributed by atoms with Crippen LogP contribution >= 0.6 is 0 Å². The van der Waals surface area contributed by atoms with E-state index in [1.165, 1.54) is 0 Å². The Morgan fingerprint density at radius 1 is 1.33 bits per heavy atom. The molecule has 18 heavy (non-hydrogen) atoms. The number of aliphatic hydroxyl groups excluding tert-OH is 1. The first-order chi connectivity index (χ1) is 8.63. The molecule has 1 aromatic heterocycles. The van der Waals surface area contributed by atoms with Crippen molar-refractivity contribution in [2.45, 2.75) is 33.3 Å². The highest BCUT2D eigenvalue weighted by molar-refractivity contribution is 5.25. The van der Waals surface area contributed by atoms with Gasteiger partial charge in [-0.2, -0.15) is 0 Å². The Morgan fingerprint density at radius 3 is 2.78 bits per heavy atom. The summed E-state index contributed by atoms with van der Waals surface area (Å²) in [6, 6.07) is 1.85. The van der Waals surface area contributed by atoms with E-state index in [1.54, 1.807) is 12.4 Å². The molecule has 1 atom stereocenters. The van der Waals surface area contributed by atoms with Gasteiger partial charge in [0.05, 0.1) is 18.9 Å². The fraction of sp³-hybridized carbons (Fsp3) is 0.643. The summed E-state index contributed by atoms with van der Waals surface area (Å²) in [7, 11) is 0. The highest BCUT2D eigenvalue weighted by Gasteiger charge is 2.09. The third-order valence-electron chi connectivity index (χ3n) is 2.48. The van der Waals surface area contributed by atoms with Crippen LogP contribution in [0.1, 0.15) is 38.9 Å². The highest BCUT2D eigenvalue weighted by Crippen LogP contribution is 2.17. The van der Waals surface area contributed by atoms with E-state index in [2.05, 4.69) is 31.1 Å². The Bertz CT molecular complexity index is 342. The van der Waals surface area contributed by atoms with Crippen LogP contribution in [0.2, 0.25) is 0 Å². The summed E-state index contributed by atoms with van der Waals surface area (Å²) in [6.45, 7) is 8.45. The van der Waals surface area contributed by atoms with E-state index >= 15 is 0 Å². The predicted octanol–water partition coefficient (Wildman–Crippen LogP) is 2.15. The maximum atomic E-state index is 10.0. The van der Waals surface area contributed by atoms with Crippen LogP contribution in [-0.2, 0) is 0 Å². The van der Waals surface area contributed by atoms with Crippen molar-refractivity contribution in [3.63, 3.8) is 0 Å². The standard InChI is InChI=1S/C14H24N2O2/c1-4-5-18-13-6-12(8-16-9-13)14(17)10-15-7-11(2)3/h6,8-9,11,14-15,17H,4-5,7,10H2,1-3H3. The van der Waals surface area contributed by atoms with Crippen LogP contribution < -0.4 is 10.1 Å². The van der Waals surface area contributed by atoms with Crippen molar-refractivity contribution in [1.29, 1.82) is 0 Å². The minimum Gasteiger partial charge on any atom is -0.492 e. The van der Waals surface area contributed by atoms with Crippen molar-refractivity contribution in [2.75, 3.05) is 19.7 Å². The second kappa shape index (κ2) is 8.06. The molecule has 1 unspecified atom stereocenters. The van der Waals surface area contributed by atoms with Crippen molar-refractivity contribution < 1.29 is 9.84 Å². The van der Waals surface area contributed by atoms with Crippen LogP contribution in [0.15, 0.2) is 18.5 Å². The fourth-order valence-corrected chi connectivity index (χ4v) is 1.54. The number of hydrogen-bond donors (Lipinski definition) is 2. The van der Waals surface area contributed by atoms with Crippen LogP contribution in [0, 0.1) is 5.92 Å². The molecule has 0 amide bonds. The normalized spacial score (nSPS) is 12.7.